The van der Waals surface area contributed by atoms with Gasteiger partial charge in [-0.25, -0.2) is 27.1 Å². The van der Waals surface area contributed by atoms with Gasteiger partial charge in [-0.2, -0.15) is 0 Å². The number of carbonyl (C=O) groups is 1. The van der Waals surface area contributed by atoms with E-state index in [9.17, 15) is 17.6 Å². The molecule has 0 unspecified atom stereocenters. The SMILES string of the molecule is CN(C)S(=O)(=O)c1ccc(C(=O)N2CC[C@H](Oc3ncc(F)cn3)C2)cc1. The minimum atomic E-state index is -3.54. The lowest BCUT2D eigenvalue weighted by Gasteiger charge is -2.17. The molecule has 1 fully saturated rings. The first kappa shape index (κ1) is 19.2. The third kappa shape index (κ3) is 4.22. The minimum Gasteiger partial charge on any atom is -0.458 e. The van der Waals surface area contributed by atoms with Crippen molar-refractivity contribution in [2.75, 3.05) is 27.2 Å². The molecule has 2 heterocycles. The maximum atomic E-state index is 12.8. The van der Waals surface area contributed by atoms with E-state index in [2.05, 4.69) is 9.97 Å². The Morgan fingerprint density at radius 3 is 2.44 bits per heavy atom. The number of likely N-dealkylation sites (tertiary alicyclic amines) is 1. The molecule has 3 rings (SSSR count). The Hall–Kier alpha value is -2.59. The van der Waals surface area contributed by atoms with Crippen molar-refractivity contribution in [2.24, 2.45) is 0 Å². The number of rotatable bonds is 5. The van der Waals surface area contributed by atoms with Crippen LogP contribution in [0.1, 0.15) is 16.8 Å². The molecule has 1 aliphatic rings. The number of aromatic nitrogens is 2. The Morgan fingerprint density at radius 2 is 1.85 bits per heavy atom. The fraction of sp³-hybridized carbons (Fsp3) is 0.353. The van der Waals surface area contributed by atoms with E-state index in [-0.39, 0.29) is 22.9 Å². The molecule has 144 valence electrons. The number of hydrogen-bond acceptors (Lipinski definition) is 6. The zero-order chi connectivity index (χ0) is 19.6. The first-order valence-corrected chi connectivity index (χ1v) is 9.67. The van der Waals surface area contributed by atoms with Crippen LogP contribution in [-0.4, -0.2) is 66.8 Å². The highest BCUT2D eigenvalue weighted by Crippen LogP contribution is 2.19. The topological polar surface area (TPSA) is 92.7 Å². The van der Waals surface area contributed by atoms with E-state index in [0.717, 1.165) is 16.7 Å². The Balaban J connectivity index is 1.64. The first-order valence-electron chi connectivity index (χ1n) is 8.23. The number of nitrogens with zero attached hydrogens (tertiary/aromatic N) is 4. The summed E-state index contributed by atoms with van der Waals surface area (Å²) in [6, 6.07) is 5.89. The summed E-state index contributed by atoms with van der Waals surface area (Å²) in [6.45, 7) is 0.833. The molecule has 1 saturated heterocycles. The Kier molecular flexibility index (Phi) is 5.38. The van der Waals surface area contributed by atoms with Gasteiger partial charge in [0.05, 0.1) is 23.8 Å². The monoisotopic (exact) mass is 394 g/mol. The third-order valence-corrected chi connectivity index (χ3v) is 6.01. The van der Waals surface area contributed by atoms with Crippen molar-refractivity contribution in [3.63, 3.8) is 0 Å². The summed E-state index contributed by atoms with van der Waals surface area (Å²) < 4.78 is 43.7. The van der Waals surface area contributed by atoms with E-state index in [4.69, 9.17) is 4.74 Å². The van der Waals surface area contributed by atoms with Gasteiger partial charge in [0.15, 0.2) is 5.82 Å². The molecule has 0 saturated carbocycles. The molecule has 2 aromatic rings. The number of carbonyl (C=O) groups excluding carboxylic acids is 1. The highest BCUT2D eigenvalue weighted by atomic mass is 32.2. The molecule has 0 N–H and O–H groups in total. The average molecular weight is 394 g/mol. The van der Waals surface area contributed by atoms with Gasteiger partial charge in [0.2, 0.25) is 10.0 Å². The minimum absolute atomic E-state index is 0.0638. The fourth-order valence-corrected chi connectivity index (χ4v) is 3.58. The van der Waals surface area contributed by atoms with E-state index >= 15 is 0 Å². The van der Waals surface area contributed by atoms with Crippen LogP contribution in [0.5, 0.6) is 6.01 Å². The van der Waals surface area contributed by atoms with Crippen LogP contribution in [-0.2, 0) is 10.0 Å². The number of hydrogen-bond donors (Lipinski definition) is 0. The lowest BCUT2D eigenvalue weighted by Crippen LogP contribution is -2.31. The fourth-order valence-electron chi connectivity index (χ4n) is 2.68. The smallest absolute Gasteiger partial charge is 0.316 e. The van der Waals surface area contributed by atoms with Gasteiger partial charge in [-0.1, -0.05) is 0 Å². The van der Waals surface area contributed by atoms with Crippen molar-refractivity contribution in [1.29, 1.82) is 0 Å². The zero-order valence-corrected chi connectivity index (χ0v) is 15.7. The van der Waals surface area contributed by atoms with Gasteiger partial charge in [-0.3, -0.25) is 4.79 Å². The predicted octanol–water partition coefficient (Wildman–Crippen LogP) is 1.16. The van der Waals surface area contributed by atoms with Crippen LogP contribution in [0.15, 0.2) is 41.6 Å². The molecule has 8 nitrogen and oxygen atoms in total. The van der Waals surface area contributed by atoms with Crippen molar-refractivity contribution >= 4 is 15.9 Å². The number of sulfonamides is 1. The molecule has 1 atom stereocenters. The van der Waals surface area contributed by atoms with Gasteiger partial charge in [-0.15, -0.1) is 0 Å². The number of benzene rings is 1. The number of ether oxygens (including phenoxy) is 1. The maximum Gasteiger partial charge on any atom is 0.316 e. The van der Waals surface area contributed by atoms with Crippen LogP contribution in [0.4, 0.5) is 4.39 Å². The molecule has 10 heteroatoms. The van der Waals surface area contributed by atoms with Gasteiger partial charge in [0.25, 0.3) is 5.91 Å². The third-order valence-electron chi connectivity index (χ3n) is 4.18. The van der Waals surface area contributed by atoms with Crippen LogP contribution in [0, 0.1) is 5.82 Å². The molecule has 0 aliphatic carbocycles. The molecule has 1 aliphatic heterocycles. The summed E-state index contributed by atoms with van der Waals surface area (Å²) >= 11 is 0. The lowest BCUT2D eigenvalue weighted by molar-refractivity contribution is 0.0769. The molecule has 1 amide bonds. The van der Waals surface area contributed by atoms with E-state index < -0.39 is 15.8 Å². The highest BCUT2D eigenvalue weighted by molar-refractivity contribution is 7.89. The normalized spacial score (nSPS) is 17.3. The summed E-state index contributed by atoms with van der Waals surface area (Å²) in [6.07, 6.45) is 2.35. The Morgan fingerprint density at radius 1 is 1.22 bits per heavy atom. The molecule has 27 heavy (non-hydrogen) atoms. The van der Waals surface area contributed by atoms with E-state index in [0.29, 0.717) is 25.1 Å². The van der Waals surface area contributed by atoms with E-state index in [1.54, 1.807) is 4.90 Å². The highest BCUT2D eigenvalue weighted by Gasteiger charge is 2.29. The van der Waals surface area contributed by atoms with Crippen molar-refractivity contribution < 1.29 is 22.3 Å². The van der Waals surface area contributed by atoms with Gasteiger partial charge in [-0.05, 0) is 24.3 Å². The maximum absolute atomic E-state index is 12.8. The standard InChI is InChI=1S/C17H19FN4O4S/c1-21(2)27(24,25)15-5-3-12(4-6-15)16(23)22-8-7-14(11-22)26-17-19-9-13(18)10-20-17/h3-6,9-10,14H,7-8,11H2,1-2H3/t14-/m0/s1. The molecule has 0 bridgehead atoms. The number of amides is 1. The zero-order valence-electron chi connectivity index (χ0n) is 14.9. The first-order chi connectivity index (χ1) is 12.8. The van der Waals surface area contributed by atoms with Gasteiger partial charge in [0.1, 0.15) is 6.10 Å². The predicted molar refractivity (Wildman–Crippen MR) is 94.2 cm³/mol. The van der Waals surface area contributed by atoms with Gasteiger partial charge in [0, 0.05) is 32.6 Å². The van der Waals surface area contributed by atoms with Crippen molar-refractivity contribution in [3.05, 3.63) is 48.0 Å². The second kappa shape index (κ2) is 7.57. The summed E-state index contributed by atoms with van der Waals surface area (Å²) in [5.74, 6) is -0.764. The van der Waals surface area contributed by atoms with Crippen LogP contribution in [0.3, 0.4) is 0 Å². The summed E-state index contributed by atoms with van der Waals surface area (Å²) in [7, 11) is -0.641. The Bertz CT molecular complexity index is 917. The van der Waals surface area contributed by atoms with E-state index in [1.165, 1.54) is 38.4 Å². The molecule has 1 aromatic heterocycles. The summed E-state index contributed by atoms with van der Waals surface area (Å²) in [5.41, 5.74) is 0.395. The van der Waals surface area contributed by atoms with Crippen molar-refractivity contribution in [2.45, 2.75) is 17.4 Å². The lowest BCUT2D eigenvalue weighted by atomic mass is 10.2. The summed E-state index contributed by atoms with van der Waals surface area (Å²) in [5, 5.41) is 0. The van der Waals surface area contributed by atoms with Crippen molar-refractivity contribution in [1.82, 2.24) is 19.2 Å². The molecule has 0 radical (unpaired) electrons. The number of halogens is 1. The molecule has 1 aromatic carbocycles. The second-order valence-electron chi connectivity index (χ2n) is 6.28. The Labute approximate surface area is 156 Å². The van der Waals surface area contributed by atoms with Crippen LogP contribution >= 0.6 is 0 Å². The molecular formula is C17H19FN4O4S. The second-order valence-corrected chi connectivity index (χ2v) is 8.43. The molecule has 0 spiro atoms. The van der Waals surface area contributed by atoms with Crippen LogP contribution in [0.25, 0.3) is 0 Å². The quantitative estimate of drug-likeness (QED) is 0.756. The van der Waals surface area contributed by atoms with E-state index in [1.807, 2.05) is 0 Å². The van der Waals surface area contributed by atoms with Gasteiger partial charge < -0.3 is 9.64 Å². The largest absolute Gasteiger partial charge is 0.458 e. The van der Waals surface area contributed by atoms with Crippen molar-refractivity contribution in [3.8, 4) is 6.01 Å². The molecular weight excluding hydrogens is 375 g/mol. The van der Waals surface area contributed by atoms with Gasteiger partial charge >= 0.3 is 6.01 Å². The summed E-state index contributed by atoms with van der Waals surface area (Å²) in [4.78, 5) is 21.8. The van der Waals surface area contributed by atoms with Crippen LogP contribution < -0.4 is 4.74 Å². The average Bonchev–Trinajstić information content (AvgIpc) is 3.11. The van der Waals surface area contributed by atoms with Crippen LogP contribution in [0.2, 0.25) is 0 Å².